The highest BCUT2D eigenvalue weighted by atomic mass is 32.1. The molecule has 3 aromatic rings. The second-order valence-corrected chi connectivity index (χ2v) is 8.99. The highest BCUT2D eigenvalue weighted by Gasteiger charge is 2.31. The monoisotopic (exact) mass is 442 g/mol. The number of hydrogen-bond donors (Lipinski definition) is 1. The van der Waals surface area contributed by atoms with Crippen LogP contribution in [0, 0.1) is 0 Å². The first-order valence-electron chi connectivity index (χ1n) is 10.2. The fourth-order valence-electron chi connectivity index (χ4n) is 3.84. The number of carbonyl (C=O) groups excluding carboxylic acids is 1. The van der Waals surface area contributed by atoms with Crippen molar-refractivity contribution in [2.45, 2.75) is 26.3 Å². The van der Waals surface area contributed by atoms with Crippen LogP contribution in [0.2, 0.25) is 0 Å². The van der Waals surface area contributed by atoms with Crippen molar-refractivity contribution in [3.63, 3.8) is 0 Å². The summed E-state index contributed by atoms with van der Waals surface area (Å²) in [7, 11) is 0. The van der Waals surface area contributed by atoms with Crippen LogP contribution >= 0.6 is 22.7 Å². The fourth-order valence-corrected chi connectivity index (χ4v) is 5.62. The summed E-state index contributed by atoms with van der Waals surface area (Å²) < 4.78 is 11.3. The number of hydrogen-bond acceptors (Lipinski definition) is 6. The molecule has 1 N–H and O–H groups in total. The Hall–Kier alpha value is -2.35. The van der Waals surface area contributed by atoms with E-state index in [9.17, 15) is 4.79 Å². The maximum atomic E-state index is 13.0. The summed E-state index contributed by atoms with van der Waals surface area (Å²) in [4.78, 5) is 18.0. The maximum Gasteiger partial charge on any atom is 0.238 e. The number of nitrogens with zero attached hydrogens (tertiary/aromatic N) is 1. The van der Waals surface area contributed by atoms with Crippen LogP contribution in [0.25, 0.3) is 0 Å². The lowest BCUT2D eigenvalue weighted by molar-refractivity contribution is -0.117. The number of rotatable bonds is 8. The van der Waals surface area contributed by atoms with Gasteiger partial charge in [0.15, 0.2) is 0 Å². The predicted octanol–water partition coefficient (Wildman–Crippen LogP) is 5.19. The first-order chi connectivity index (χ1) is 14.7. The average Bonchev–Trinajstić information content (AvgIpc) is 3.42. The summed E-state index contributed by atoms with van der Waals surface area (Å²) in [6.45, 7) is 6.16. The minimum Gasteiger partial charge on any atom is -0.494 e. The molecule has 2 aromatic heterocycles. The molecular formula is C23H26N2O3S2. The Labute approximate surface area is 185 Å². The lowest BCUT2D eigenvalue weighted by Crippen LogP contribution is -2.40. The maximum absolute atomic E-state index is 13.0. The lowest BCUT2D eigenvalue weighted by Gasteiger charge is -2.34. The molecule has 0 saturated heterocycles. The molecule has 0 aliphatic carbocycles. The molecular weight excluding hydrogens is 416 g/mol. The van der Waals surface area contributed by atoms with E-state index in [0.29, 0.717) is 36.9 Å². The number of amides is 1. The third-order valence-corrected chi connectivity index (χ3v) is 6.98. The number of thiophene rings is 2. The quantitative estimate of drug-likeness (QED) is 0.521. The van der Waals surface area contributed by atoms with Gasteiger partial charge in [-0.15, -0.1) is 22.7 Å². The van der Waals surface area contributed by atoms with E-state index >= 15 is 0 Å². The van der Waals surface area contributed by atoms with Crippen LogP contribution in [0.5, 0.6) is 11.5 Å². The molecule has 3 heterocycles. The average molecular weight is 443 g/mol. The zero-order valence-electron chi connectivity index (χ0n) is 17.2. The molecule has 5 nitrogen and oxygen atoms in total. The summed E-state index contributed by atoms with van der Waals surface area (Å²) in [5.74, 6) is 1.32. The van der Waals surface area contributed by atoms with E-state index in [-0.39, 0.29) is 11.9 Å². The van der Waals surface area contributed by atoms with E-state index in [0.717, 1.165) is 13.0 Å². The predicted molar refractivity (Wildman–Crippen MR) is 123 cm³/mol. The molecule has 30 heavy (non-hydrogen) atoms. The number of fused-ring (bicyclic) bond motifs is 1. The van der Waals surface area contributed by atoms with Gasteiger partial charge >= 0.3 is 0 Å². The second-order valence-electron chi connectivity index (χ2n) is 7.01. The topological polar surface area (TPSA) is 50.8 Å². The molecule has 0 radical (unpaired) electrons. The van der Waals surface area contributed by atoms with Gasteiger partial charge in [-0.2, -0.15) is 0 Å². The van der Waals surface area contributed by atoms with Gasteiger partial charge < -0.3 is 14.8 Å². The minimum absolute atomic E-state index is 0.0511. The molecule has 1 atom stereocenters. The van der Waals surface area contributed by atoms with Crippen molar-refractivity contribution in [3.8, 4) is 11.5 Å². The van der Waals surface area contributed by atoms with Gasteiger partial charge in [-0.05, 0) is 60.9 Å². The summed E-state index contributed by atoms with van der Waals surface area (Å²) in [6, 6.07) is 12.1. The molecule has 158 valence electrons. The molecule has 0 fully saturated rings. The minimum atomic E-state index is -0.0511. The van der Waals surface area contributed by atoms with Crippen molar-refractivity contribution < 1.29 is 14.3 Å². The van der Waals surface area contributed by atoms with E-state index in [2.05, 4.69) is 39.2 Å². The number of benzene rings is 1. The van der Waals surface area contributed by atoms with Crippen LogP contribution in [-0.4, -0.2) is 37.1 Å². The Bertz CT molecular complexity index is 984. The van der Waals surface area contributed by atoms with Crippen LogP contribution < -0.4 is 14.8 Å². The summed E-state index contributed by atoms with van der Waals surface area (Å²) in [6.07, 6.45) is 0.978. The first-order valence-corrected chi connectivity index (χ1v) is 12.0. The molecule has 4 rings (SSSR count). The highest BCUT2D eigenvalue weighted by molar-refractivity contribution is 7.10. The molecule has 1 aromatic carbocycles. The Morgan fingerprint density at radius 1 is 1.13 bits per heavy atom. The van der Waals surface area contributed by atoms with Crippen molar-refractivity contribution in [2.24, 2.45) is 0 Å². The third kappa shape index (κ3) is 4.53. The summed E-state index contributed by atoms with van der Waals surface area (Å²) >= 11 is 3.55. The molecule has 0 saturated carbocycles. The Balaban J connectivity index is 1.53. The van der Waals surface area contributed by atoms with E-state index in [1.54, 1.807) is 11.3 Å². The third-order valence-electron chi connectivity index (χ3n) is 5.06. The largest absolute Gasteiger partial charge is 0.494 e. The Morgan fingerprint density at radius 2 is 2.00 bits per heavy atom. The van der Waals surface area contributed by atoms with Crippen LogP contribution in [-0.2, 0) is 11.2 Å². The first kappa shape index (κ1) is 20.9. The Morgan fingerprint density at radius 3 is 2.77 bits per heavy atom. The highest BCUT2D eigenvalue weighted by Crippen LogP contribution is 2.39. The van der Waals surface area contributed by atoms with Gasteiger partial charge in [0, 0.05) is 22.4 Å². The van der Waals surface area contributed by atoms with E-state index in [1.165, 1.54) is 15.3 Å². The van der Waals surface area contributed by atoms with Gasteiger partial charge in [0.05, 0.1) is 31.5 Å². The van der Waals surface area contributed by atoms with Crippen molar-refractivity contribution in [1.29, 1.82) is 0 Å². The molecule has 1 aliphatic heterocycles. The number of nitrogens with one attached hydrogen (secondary N) is 1. The zero-order valence-corrected chi connectivity index (χ0v) is 18.9. The van der Waals surface area contributed by atoms with Gasteiger partial charge in [-0.1, -0.05) is 6.07 Å². The molecule has 1 amide bonds. The van der Waals surface area contributed by atoms with Gasteiger partial charge in [-0.3, -0.25) is 9.69 Å². The smallest absolute Gasteiger partial charge is 0.238 e. The summed E-state index contributed by atoms with van der Waals surface area (Å²) in [5, 5.41) is 7.30. The number of anilines is 1. The van der Waals surface area contributed by atoms with Crippen molar-refractivity contribution in [3.05, 3.63) is 62.5 Å². The van der Waals surface area contributed by atoms with Crippen molar-refractivity contribution in [1.82, 2.24) is 4.90 Å². The van der Waals surface area contributed by atoms with E-state index in [4.69, 9.17) is 9.47 Å². The van der Waals surface area contributed by atoms with Gasteiger partial charge in [0.2, 0.25) is 5.91 Å². The molecule has 0 bridgehead atoms. The van der Waals surface area contributed by atoms with Gasteiger partial charge in [-0.25, -0.2) is 0 Å². The molecule has 1 aliphatic rings. The SMILES string of the molecule is CCOc1ccc(OCC)c(NC(=O)CN2CCc3sccc3C2c2cccs2)c1. The fraction of sp³-hybridized carbons (Fsp3) is 0.348. The standard InChI is InChI=1S/C23H26N2O3S2/c1-3-27-16-7-8-19(28-4-2)18(14-16)24-22(26)15-25-11-9-20-17(10-13-30-20)23(25)21-6-5-12-29-21/h5-8,10,12-14,23H,3-4,9,11,15H2,1-2H3,(H,24,26). The zero-order chi connectivity index (χ0) is 20.9. The van der Waals surface area contributed by atoms with Crippen LogP contribution in [0.4, 0.5) is 5.69 Å². The van der Waals surface area contributed by atoms with E-state index < -0.39 is 0 Å². The summed E-state index contributed by atoms with van der Waals surface area (Å²) in [5.41, 5.74) is 1.98. The van der Waals surface area contributed by atoms with Gasteiger partial charge in [0.1, 0.15) is 11.5 Å². The second kappa shape index (κ2) is 9.64. The van der Waals surface area contributed by atoms with Gasteiger partial charge in [0.25, 0.3) is 0 Å². The van der Waals surface area contributed by atoms with Crippen molar-refractivity contribution >= 4 is 34.3 Å². The molecule has 1 unspecified atom stereocenters. The van der Waals surface area contributed by atoms with Crippen LogP contribution in [0.1, 0.15) is 35.2 Å². The van der Waals surface area contributed by atoms with Crippen LogP contribution in [0.15, 0.2) is 47.2 Å². The lowest BCUT2D eigenvalue weighted by atomic mass is 9.98. The normalized spacial score (nSPS) is 16.1. The van der Waals surface area contributed by atoms with E-state index in [1.807, 2.05) is 43.4 Å². The van der Waals surface area contributed by atoms with Crippen LogP contribution in [0.3, 0.4) is 0 Å². The number of ether oxygens (including phenoxy) is 2. The van der Waals surface area contributed by atoms with Crippen molar-refractivity contribution in [2.75, 3.05) is 31.6 Å². The molecule has 7 heteroatoms. The Kier molecular flexibility index (Phi) is 6.72. The number of carbonyl (C=O) groups is 1. The molecule has 0 spiro atoms.